The molecule has 1 fully saturated rings. The number of rotatable bonds is 9. The van der Waals surface area contributed by atoms with Crippen LogP contribution in [0.2, 0.25) is 0 Å². The molecule has 2 amide bonds. The van der Waals surface area contributed by atoms with Crippen molar-refractivity contribution in [1.29, 1.82) is 0 Å². The van der Waals surface area contributed by atoms with Gasteiger partial charge in [0.1, 0.15) is 12.3 Å². The summed E-state index contributed by atoms with van der Waals surface area (Å²) in [6.07, 6.45) is 1.91. The first-order valence-electron chi connectivity index (χ1n) is 10.4. The molecule has 1 aromatic carbocycles. The molecule has 2 aromatic rings. The highest BCUT2D eigenvalue weighted by Gasteiger charge is 2.29. The number of esters is 1. The molecule has 0 radical (unpaired) electrons. The molecule has 0 saturated heterocycles. The monoisotopic (exact) mass is 427 g/mol. The first kappa shape index (κ1) is 22.6. The molecule has 1 aliphatic carbocycles. The lowest BCUT2D eigenvalue weighted by molar-refractivity contribution is -0.117. The Kier molecular flexibility index (Phi) is 7.12. The Labute approximate surface area is 181 Å². The number of ether oxygens (including phenoxy) is 2. The Hall–Kier alpha value is -3.13. The SMILES string of the molecule is COCCOC(=O)c1c(C)[nH]c(C(=O)NC(C)c2ccc(NC(=O)C3CC3)cc2)c1C. The summed E-state index contributed by atoms with van der Waals surface area (Å²) in [5.41, 5.74) is 3.46. The highest BCUT2D eigenvalue weighted by atomic mass is 16.6. The zero-order valence-electron chi connectivity index (χ0n) is 18.3. The molecular formula is C23H29N3O5. The fraction of sp³-hybridized carbons (Fsp3) is 0.435. The normalized spacial score (nSPS) is 14.1. The average Bonchev–Trinajstić information content (AvgIpc) is 3.54. The second kappa shape index (κ2) is 9.78. The van der Waals surface area contributed by atoms with E-state index in [-0.39, 0.29) is 30.4 Å². The van der Waals surface area contributed by atoms with Gasteiger partial charge in [0.25, 0.3) is 5.91 Å². The third kappa shape index (κ3) is 5.52. The molecule has 0 bridgehead atoms. The number of amides is 2. The molecule has 1 atom stereocenters. The van der Waals surface area contributed by atoms with Gasteiger partial charge in [-0.2, -0.15) is 0 Å². The van der Waals surface area contributed by atoms with Crippen LogP contribution in [0.25, 0.3) is 0 Å². The standard InChI is InChI=1S/C23H29N3O5/c1-13-19(23(29)31-12-11-30-4)15(3)24-20(13)22(28)25-14(2)16-7-9-18(10-8-16)26-21(27)17-5-6-17/h7-10,14,17,24H,5-6,11-12H2,1-4H3,(H,25,28)(H,26,27). The van der Waals surface area contributed by atoms with Crippen molar-refractivity contribution >= 4 is 23.5 Å². The molecule has 1 aliphatic rings. The lowest BCUT2D eigenvalue weighted by Gasteiger charge is -2.15. The topological polar surface area (TPSA) is 110 Å². The van der Waals surface area contributed by atoms with E-state index in [2.05, 4.69) is 15.6 Å². The summed E-state index contributed by atoms with van der Waals surface area (Å²) in [5.74, 6) is -0.592. The zero-order valence-corrected chi connectivity index (χ0v) is 18.3. The lowest BCUT2D eigenvalue weighted by Crippen LogP contribution is -2.27. The van der Waals surface area contributed by atoms with E-state index in [1.165, 1.54) is 7.11 Å². The zero-order chi connectivity index (χ0) is 22.5. The number of hydrogen-bond donors (Lipinski definition) is 3. The molecule has 166 valence electrons. The molecule has 1 heterocycles. The van der Waals surface area contributed by atoms with Crippen LogP contribution < -0.4 is 10.6 Å². The lowest BCUT2D eigenvalue weighted by atomic mass is 10.1. The number of aromatic nitrogens is 1. The Bertz CT molecular complexity index is 960. The van der Waals surface area contributed by atoms with Gasteiger partial charge in [-0.25, -0.2) is 4.79 Å². The van der Waals surface area contributed by atoms with Crippen LogP contribution in [0.3, 0.4) is 0 Å². The number of carbonyl (C=O) groups excluding carboxylic acids is 3. The number of nitrogens with one attached hydrogen (secondary N) is 3. The van der Waals surface area contributed by atoms with Gasteiger partial charge in [-0.15, -0.1) is 0 Å². The molecule has 31 heavy (non-hydrogen) atoms. The van der Waals surface area contributed by atoms with Crippen LogP contribution in [0, 0.1) is 19.8 Å². The number of hydrogen-bond acceptors (Lipinski definition) is 5. The van der Waals surface area contributed by atoms with Gasteiger partial charge in [0.05, 0.1) is 18.2 Å². The molecule has 8 heteroatoms. The summed E-state index contributed by atoms with van der Waals surface area (Å²) >= 11 is 0. The fourth-order valence-corrected chi connectivity index (χ4v) is 3.37. The van der Waals surface area contributed by atoms with Gasteiger partial charge in [0.15, 0.2) is 0 Å². The maximum Gasteiger partial charge on any atom is 0.340 e. The van der Waals surface area contributed by atoms with Crippen LogP contribution in [0.5, 0.6) is 0 Å². The van der Waals surface area contributed by atoms with Gasteiger partial charge in [-0.3, -0.25) is 9.59 Å². The molecule has 3 rings (SSSR count). The highest BCUT2D eigenvalue weighted by molar-refractivity contribution is 6.00. The number of aromatic amines is 1. The van der Waals surface area contributed by atoms with Gasteiger partial charge >= 0.3 is 5.97 Å². The van der Waals surface area contributed by atoms with Gasteiger partial charge < -0.3 is 25.1 Å². The molecule has 0 spiro atoms. The third-order valence-electron chi connectivity index (χ3n) is 5.36. The van der Waals surface area contributed by atoms with E-state index in [0.29, 0.717) is 29.1 Å². The Morgan fingerprint density at radius 2 is 1.81 bits per heavy atom. The second-order valence-corrected chi connectivity index (χ2v) is 7.83. The minimum absolute atomic E-state index is 0.0586. The van der Waals surface area contributed by atoms with Crippen LogP contribution >= 0.6 is 0 Å². The number of methoxy groups -OCH3 is 1. The summed E-state index contributed by atoms with van der Waals surface area (Å²) < 4.78 is 10.1. The summed E-state index contributed by atoms with van der Waals surface area (Å²) in [4.78, 5) is 40.0. The molecule has 3 N–H and O–H groups in total. The largest absolute Gasteiger partial charge is 0.460 e. The minimum Gasteiger partial charge on any atom is -0.460 e. The molecule has 0 aliphatic heterocycles. The van der Waals surface area contributed by atoms with Gasteiger partial charge in [0.2, 0.25) is 5.91 Å². The van der Waals surface area contributed by atoms with E-state index in [1.807, 2.05) is 31.2 Å². The van der Waals surface area contributed by atoms with Crippen LogP contribution in [0.1, 0.15) is 63.5 Å². The van der Waals surface area contributed by atoms with Crippen molar-refractivity contribution in [3.8, 4) is 0 Å². The Balaban J connectivity index is 1.63. The predicted octanol–water partition coefficient (Wildman–Crippen LogP) is 3.27. The summed E-state index contributed by atoms with van der Waals surface area (Å²) in [7, 11) is 1.53. The quantitative estimate of drug-likeness (QED) is 0.420. The van der Waals surface area contributed by atoms with Gasteiger partial charge in [-0.05, 0) is 56.9 Å². The third-order valence-corrected chi connectivity index (χ3v) is 5.36. The molecule has 8 nitrogen and oxygen atoms in total. The second-order valence-electron chi connectivity index (χ2n) is 7.83. The van der Waals surface area contributed by atoms with Crippen molar-refractivity contribution in [2.75, 3.05) is 25.6 Å². The number of H-pyrrole nitrogens is 1. The van der Waals surface area contributed by atoms with E-state index in [9.17, 15) is 14.4 Å². The maximum atomic E-state index is 12.8. The van der Waals surface area contributed by atoms with Crippen molar-refractivity contribution in [2.45, 2.75) is 39.7 Å². The molecule has 1 unspecified atom stereocenters. The van der Waals surface area contributed by atoms with E-state index in [4.69, 9.17) is 9.47 Å². The van der Waals surface area contributed by atoms with Gasteiger partial charge in [-0.1, -0.05) is 12.1 Å². The molecule has 1 aromatic heterocycles. The van der Waals surface area contributed by atoms with E-state index in [1.54, 1.807) is 13.8 Å². The van der Waals surface area contributed by atoms with Crippen molar-refractivity contribution in [1.82, 2.24) is 10.3 Å². The first-order chi connectivity index (χ1) is 14.8. The Morgan fingerprint density at radius 1 is 1.13 bits per heavy atom. The number of anilines is 1. The van der Waals surface area contributed by atoms with E-state index < -0.39 is 5.97 Å². The van der Waals surface area contributed by atoms with Crippen LogP contribution in [-0.2, 0) is 14.3 Å². The van der Waals surface area contributed by atoms with Crippen molar-refractivity contribution in [2.24, 2.45) is 5.92 Å². The molecular weight excluding hydrogens is 398 g/mol. The van der Waals surface area contributed by atoms with Crippen LogP contribution in [-0.4, -0.2) is 43.1 Å². The van der Waals surface area contributed by atoms with Crippen molar-refractivity contribution in [3.05, 3.63) is 52.3 Å². The summed E-state index contributed by atoms with van der Waals surface area (Å²) in [5, 5.41) is 5.84. The highest BCUT2D eigenvalue weighted by Crippen LogP contribution is 2.30. The predicted molar refractivity (Wildman–Crippen MR) is 116 cm³/mol. The summed E-state index contributed by atoms with van der Waals surface area (Å²) in [6.45, 7) is 5.78. The maximum absolute atomic E-state index is 12.8. The van der Waals surface area contributed by atoms with Gasteiger partial charge in [0, 0.05) is 24.4 Å². The molecule has 1 saturated carbocycles. The number of benzene rings is 1. The van der Waals surface area contributed by atoms with E-state index in [0.717, 1.165) is 24.1 Å². The van der Waals surface area contributed by atoms with Crippen molar-refractivity contribution in [3.63, 3.8) is 0 Å². The Morgan fingerprint density at radius 3 is 2.42 bits per heavy atom. The van der Waals surface area contributed by atoms with E-state index >= 15 is 0 Å². The fourth-order valence-electron chi connectivity index (χ4n) is 3.37. The van der Waals surface area contributed by atoms with Crippen LogP contribution in [0.15, 0.2) is 24.3 Å². The smallest absolute Gasteiger partial charge is 0.340 e. The average molecular weight is 428 g/mol. The summed E-state index contributed by atoms with van der Waals surface area (Å²) in [6, 6.07) is 7.14. The number of carbonyl (C=O) groups is 3. The minimum atomic E-state index is -0.487. The van der Waals surface area contributed by atoms with Crippen molar-refractivity contribution < 1.29 is 23.9 Å². The first-order valence-corrected chi connectivity index (χ1v) is 10.4. The van der Waals surface area contributed by atoms with Crippen LogP contribution in [0.4, 0.5) is 5.69 Å². The number of aryl methyl sites for hydroxylation is 1.